The lowest BCUT2D eigenvalue weighted by Crippen LogP contribution is -2.44. The first-order valence-electron chi connectivity index (χ1n) is 9.01. The summed E-state index contributed by atoms with van der Waals surface area (Å²) < 4.78 is 15.7. The van der Waals surface area contributed by atoms with Crippen molar-refractivity contribution in [1.29, 1.82) is 0 Å². The van der Waals surface area contributed by atoms with Crippen molar-refractivity contribution < 1.29 is 23.5 Å². The number of ether oxygens (including phenoxy) is 2. The first kappa shape index (κ1) is 21.8. The third-order valence-corrected chi connectivity index (χ3v) is 4.15. The second-order valence-corrected chi connectivity index (χ2v) is 7.66. The molecule has 0 fully saturated rings. The molecule has 152 valence electrons. The Morgan fingerprint density at radius 1 is 1.21 bits per heavy atom. The van der Waals surface area contributed by atoms with Crippen molar-refractivity contribution in [3.63, 3.8) is 0 Å². The molecule has 0 unspecified atom stereocenters. The second-order valence-electron chi connectivity index (χ2n) is 7.25. The zero-order valence-corrected chi connectivity index (χ0v) is 17.3. The molecular weight excluding hydrogens is 386 g/mol. The maximum Gasteiger partial charge on any atom is 0.408 e. The van der Waals surface area contributed by atoms with Crippen LogP contribution in [0.25, 0.3) is 11.0 Å². The molecule has 8 heteroatoms. The van der Waals surface area contributed by atoms with Crippen LogP contribution < -0.4 is 15.7 Å². The lowest BCUT2D eigenvalue weighted by Gasteiger charge is -2.22. The number of amides is 1. The molecule has 0 saturated carbocycles. The Morgan fingerprint density at radius 2 is 1.89 bits per heavy atom. The number of esters is 1. The van der Waals surface area contributed by atoms with Gasteiger partial charge in [0.2, 0.25) is 0 Å². The lowest BCUT2D eigenvalue weighted by molar-refractivity contribution is -0.136. The SMILES string of the molecule is CCc1cc(=O)oc2cc(OC(=O)[C@H](CC)NC(=O)OC(C)(C)C)c(Cl)cc12. The Kier molecular flexibility index (Phi) is 6.72. The Morgan fingerprint density at radius 3 is 2.46 bits per heavy atom. The summed E-state index contributed by atoms with van der Waals surface area (Å²) in [5.41, 5.74) is -0.140. The van der Waals surface area contributed by atoms with Crippen molar-refractivity contribution in [2.75, 3.05) is 0 Å². The fourth-order valence-electron chi connectivity index (χ4n) is 2.56. The molecule has 2 rings (SSSR count). The maximum atomic E-state index is 12.5. The van der Waals surface area contributed by atoms with Crippen LogP contribution in [0.2, 0.25) is 5.02 Å². The number of hydrogen-bond acceptors (Lipinski definition) is 6. The van der Waals surface area contributed by atoms with Gasteiger partial charge in [0, 0.05) is 17.5 Å². The van der Waals surface area contributed by atoms with E-state index >= 15 is 0 Å². The van der Waals surface area contributed by atoms with Gasteiger partial charge in [-0.3, -0.25) is 0 Å². The predicted octanol–water partition coefficient (Wildman–Crippen LogP) is 4.22. The van der Waals surface area contributed by atoms with E-state index in [-0.39, 0.29) is 16.4 Å². The number of rotatable bonds is 5. The van der Waals surface area contributed by atoms with Gasteiger partial charge in [0.15, 0.2) is 5.75 Å². The number of aryl methyl sites for hydroxylation is 1. The van der Waals surface area contributed by atoms with E-state index in [1.165, 1.54) is 12.1 Å². The quantitative estimate of drug-likeness (QED) is 0.451. The van der Waals surface area contributed by atoms with E-state index in [0.29, 0.717) is 18.2 Å². The average molecular weight is 410 g/mol. The van der Waals surface area contributed by atoms with Gasteiger partial charge >= 0.3 is 17.7 Å². The molecule has 1 aromatic heterocycles. The Hall–Kier alpha value is -2.54. The number of fused-ring (bicyclic) bond motifs is 1. The molecule has 1 amide bonds. The average Bonchev–Trinajstić information content (AvgIpc) is 2.58. The fourth-order valence-corrected chi connectivity index (χ4v) is 2.76. The summed E-state index contributed by atoms with van der Waals surface area (Å²) in [5.74, 6) is -0.663. The van der Waals surface area contributed by atoms with Crippen molar-refractivity contribution in [3.05, 3.63) is 39.2 Å². The van der Waals surface area contributed by atoms with Gasteiger partial charge in [0.25, 0.3) is 0 Å². The lowest BCUT2D eigenvalue weighted by atomic mass is 10.1. The zero-order valence-electron chi connectivity index (χ0n) is 16.6. The second kappa shape index (κ2) is 8.65. The van der Waals surface area contributed by atoms with Crippen molar-refractivity contribution in [3.8, 4) is 5.75 Å². The summed E-state index contributed by atoms with van der Waals surface area (Å²) in [6.45, 7) is 8.79. The number of hydrogen-bond donors (Lipinski definition) is 1. The Bertz CT molecular complexity index is 944. The topological polar surface area (TPSA) is 94.8 Å². The van der Waals surface area contributed by atoms with Crippen LogP contribution in [0, 0.1) is 0 Å². The maximum absolute atomic E-state index is 12.5. The number of carbonyl (C=O) groups is 2. The molecule has 2 aromatic rings. The van der Waals surface area contributed by atoms with Gasteiger partial charge < -0.3 is 19.2 Å². The molecule has 1 heterocycles. The molecule has 0 aliphatic carbocycles. The minimum absolute atomic E-state index is 0.0417. The number of nitrogens with one attached hydrogen (secondary N) is 1. The van der Waals surface area contributed by atoms with E-state index in [9.17, 15) is 14.4 Å². The molecular formula is C20H24ClNO6. The number of halogens is 1. The summed E-state index contributed by atoms with van der Waals surface area (Å²) in [6.07, 6.45) is 0.188. The van der Waals surface area contributed by atoms with Gasteiger partial charge in [-0.1, -0.05) is 25.4 Å². The monoisotopic (exact) mass is 409 g/mol. The first-order valence-corrected chi connectivity index (χ1v) is 9.39. The van der Waals surface area contributed by atoms with Gasteiger partial charge in [0.1, 0.15) is 17.2 Å². The first-order chi connectivity index (χ1) is 13.0. The van der Waals surface area contributed by atoms with Crippen LogP contribution in [0.1, 0.15) is 46.6 Å². The highest BCUT2D eigenvalue weighted by atomic mass is 35.5. The van der Waals surface area contributed by atoms with E-state index in [2.05, 4.69) is 5.32 Å². The molecule has 0 spiro atoms. The largest absolute Gasteiger partial charge is 0.444 e. The number of alkyl carbamates (subject to hydrolysis) is 1. The van der Waals surface area contributed by atoms with Gasteiger partial charge in [-0.15, -0.1) is 0 Å². The smallest absolute Gasteiger partial charge is 0.408 e. The van der Waals surface area contributed by atoms with Gasteiger partial charge in [-0.2, -0.15) is 0 Å². The number of carbonyl (C=O) groups excluding carboxylic acids is 2. The third kappa shape index (κ3) is 5.48. The summed E-state index contributed by atoms with van der Waals surface area (Å²) in [5, 5.41) is 3.34. The molecule has 0 aliphatic heterocycles. The van der Waals surface area contributed by atoms with Gasteiger partial charge in [0.05, 0.1) is 5.02 Å². The molecule has 0 radical (unpaired) electrons. The van der Waals surface area contributed by atoms with Crippen LogP contribution in [0.4, 0.5) is 4.79 Å². The van der Waals surface area contributed by atoms with E-state index in [1.54, 1.807) is 33.8 Å². The minimum atomic E-state index is -0.921. The highest BCUT2D eigenvalue weighted by Gasteiger charge is 2.25. The molecule has 28 heavy (non-hydrogen) atoms. The Balaban J connectivity index is 2.24. The summed E-state index contributed by atoms with van der Waals surface area (Å²) in [7, 11) is 0. The zero-order chi connectivity index (χ0) is 21.1. The standard InChI is InChI=1S/C20H24ClNO6/c1-6-11-8-17(23)26-15-10-16(13(21)9-12(11)15)27-18(24)14(7-2)22-19(25)28-20(3,4)5/h8-10,14H,6-7H2,1-5H3,(H,22,25)/t14-/m0/s1. The van der Waals surface area contributed by atoms with E-state index in [4.69, 9.17) is 25.5 Å². The third-order valence-electron chi connectivity index (χ3n) is 3.86. The fraction of sp³-hybridized carbons (Fsp3) is 0.450. The summed E-state index contributed by atoms with van der Waals surface area (Å²) in [4.78, 5) is 36.1. The normalized spacial score (nSPS) is 12.5. The van der Waals surface area contributed by atoms with Crippen LogP contribution >= 0.6 is 11.6 Å². The van der Waals surface area contributed by atoms with Crippen molar-refractivity contribution >= 4 is 34.6 Å². The van der Waals surface area contributed by atoms with E-state index in [1.807, 2.05) is 6.92 Å². The summed E-state index contributed by atoms with van der Waals surface area (Å²) in [6, 6.07) is 3.47. The molecule has 0 bridgehead atoms. The number of benzene rings is 1. The van der Waals surface area contributed by atoms with Crippen molar-refractivity contribution in [2.24, 2.45) is 0 Å². The van der Waals surface area contributed by atoms with Crippen LogP contribution in [0.3, 0.4) is 0 Å². The van der Waals surface area contributed by atoms with Crippen LogP contribution in [-0.4, -0.2) is 23.7 Å². The van der Waals surface area contributed by atoms with E-state index in [0.717, 1.165) is 5.56 Å². The van der Waals surface area contributed by atoms with Gasteiger partial charge in [-0.05, 0) is 45.2 Å². The van der Waals surface area contributed by atoms with E-state index < -0.39 is 29.3 Å². The minimum Gasteiger partial charge on any atom is -0.444 e. The van der Waals surface area contributed by atoms with Crippen LogP contribution in [-0.2, 0) is 16.0 Å². The highest BCUT2D eigenvalue weighted by Crippen LogP contribution is 2.31. The van der Waals surface area contributed by atoms with Crippen LogP contribution in [0.15, 0.2) is 27.4 Å². The van der Waals surface area contributed by atoms with Crippen LogP contribution in [0.5, 0.6) is 5.75 Å². The van der Waals surface area contributed by atoms with Crippen molar-refractivity contribution in [1.82, 2.24) is 5.32 Å². The molecule has 0 saturated heterocycles. The summed E-state index contributed by atoms with van der Waals surface area (Å²) >= 11 is 6.25. The van der Waals surface area contributed by atoms with Crippen molar-refractivity contribution in [2.45, 2.75) is 59.1 Å². The molecule has 1 aromatic carbocycles. The molecule has 1 N–H and O–H groups in total. The Labute approximate surface area is 167 Å². The molecule has 1 atom stereocenters. The highest BCUT2D eigenvalue weighted by molar-refractivity contribution is 6.33. The predicted molar refractivity (Wildman–Crippen MR) is 106 cm³/mol. The molecule has 7 nitrogen and oxygen atoms in total. The molecule has 0 aliphatic rings. The van der Waals surface area contributed by atoms with Gasteiger partial charge in [-0.25, -0.2) is 14.4 Å².